The zero-order chi connectivity index (χ0) is 15.4. The Morgan fingerprint density at radius 1 is 1.05 bits per heavy atom. The molecule has 3 fully saturated rings. The minimum atomic E-state index is -0.579. The number of carbonyl (C=O) groups is 1. The van der Waals surface area contributed by atoms with Crippen molar-refractivity contribution in [2.45, 2.75) is 63.4 Å². The molecule has 4 rings (SSSR count). The topological polar surface area (TPSA) is 40.5 Å². The van der Waals surface area contributed by atoms with Gasteiger partial charge in [0.25, 0.3) is 0 Å². The highest BCUT2D eigenvalue weighted by Gasteiger charge is 2.50. The molecule has 22 heavy (non-hydrogen) atoms. The average Bonchev–Trinajstić information content (AvgIpc) is 3.30. The molecule has 1 N–H and O–H groups in total. The molecule has 0 radical (unpaired) electrons. The molecule has 118 valence electrons. The summed E-state index contributed by atoms with van der Waals surface area (Å²) >= 11 is 0. The molecule has 0 unspecified atom stereocenters. The summed E-state index contributed by atoms with van der Waals surface area (Å²) in [5.74, 6) is 1.04. The Balaban J connectivity index is 1.51. The van der Waals surface area contributed by atoms with Crippen LogP contribution in [0, 0.1) is 5.41 Å². The number of nitrogens with zero attached hydrogens (tertiary/aromatic N) is 1. The van der Waals surface area contributed by atoms with Crippen LogP contribution in [0.2, 0.25) is 0 Å². The van der Waals surface area contributed by atoms with Crippen molar-refractivity contribution in [3.05, 3.63) is 29.8 Å². The maximum Gasteiger partial charge on any atom is 0.233 e. The molecule has 0 bridgehead atoms. The van der Waals surface area contributed by atoms with Crippen LogP contribution in [-0.2, 0) is 4.79 Å². The highest BCUT2D eigenvalue weighted by atomic mass is 16.3. The van der Waals surface area contributed by atoms with Crippen molar-refractivity contribution in [3.8, 4) is 0 Å². The van der Waals surface area contributed by atoms with E-state index in [0.29, 0.717) is 0 Å². The lowest BCUT2D eigenvalue weighted by Crippen LogP contribution is -2.42. The van der Waals surface area contributed by atoms with E-state index in [1.807, 2.05) is 11.8 Å². The minimum Gasteiger partial charge on any atom is -0.390 e. The quantitative estimate of drug-likeness (QED) is 0.906. The van der Waals surface area contributed by atoms with E-state index in [-0.39, 0.29) is 11.3 Å². The first kappa shape index (κ1) is 14.3. The summed E-state index contributed by atoms with van der Waals surface area (Å²) in [7, 11) is 0. The van der Waals surface area contributed by atoms with E-state index in [2.05, 4.69) is 24.3 Å². The Bertz CT molecular complexity index is 576. The van der Waals surface area contributed by atoms with Crippen LogP contribution in [0.4, 0.5) is 5.69 Å². The van der Waals surface area contributed by atoms with Crippen LogP contribution >= 0.6 is 0 Å². The van der Waals surface area contributed by atoms with Gasteiger partial charge in [0.15, 0.2) is 0 Å². The van der Waals surface area contributed by atoms with Gasteiger partial charge in [0.2, 0.25) is 5.91 Å². The summed E-state index contributed by atoms with van der Waals surface area (Å²) in [5, 5.41) is 10.2. The third kappa shape index (κ3) is 2.36. The van der Waals surface area contributed by atoms with Crippen molar-refractivity contribution in [2.75, 3.05) is 11.4 Å². The highest BCUT2D eigenvalue weighted by Crippen LogP contribution is 2.48. The van der Waals surface area contributed by atoms with E-state index < -0.39 is 5.60 Å². The van der Waals surface area contributed by atoms with Gasteiger partial charge in [0.05, 0.1) is 11.0 Å². The normalized spacial score (nSPS) is 35.4. The molecule has 3 aliphatic rings. The van der Waals surface area contributed by atoms with Gasteiger partial charge in [-0.3, -0.25) is 4.79 Å². The van der Waals surface area contributed by atoms with Gasteiger partial charge in [0.1, 0.15) is 0 Å². The van der Waals surface area contributed by atoms with Crippen LogP contribution in [-0.4, -0.2) is 23.2 Å². The Morgan fingerprint density at radius 3 is 2.27 bits per heavy atom. The number of hydrogen-bond donors (Lipinski definition) is 1. The average molecular weight is 299 g/mol. The fourth-order valence-corrected chi connectivity index (χ4v) is 4.14. The monoisotopic (exact) mass is 299 g/mol. The van der Waals surface area contributed by atoms with Crippen molar-refractivity contribution in [1.29, 1.82) is 0 Å². The lowest BCUT2D eigenvalue weighted by Gasteiger charge is -2.39. The largest absolute Gasteiger partial charge is 0.390 e. The molecule has 1 saturated heterocycles. The van der Waals surface area contributed by atoms with Crippen LogP contribution in [0.25, 0.3) is 0 Å². The summed E-state index contributed by atoms with van der Waals surface area (Å²) in [4.78, 5) is 14.9. The van der Waals surface area contributed by atoms with Gasteiger partial charge in [-0.05, 0) is 75.5 Å². The fraction of sp³-hybridized carbons (Fsp3) is 0.632. The Hall–Kier alpha value is -1.35. The molecule has 1 aliphatic heterocycles. The van der Waals surface area contributed by atoms with E-state index in [0.717, 1.165) is 50.3 Å². The second-order valence-electron chi connectivity index (χ2n) is 7.85. The summed E-state index contributed by atoms with van der Waals surface area (Å²) in [5.41, 5.74) is 1.67. The summed E-state index contributed by atoms with van der Waals surface area (Å²) in [6.45, 7) is 2.72. The first-order valence-corrected chi connectivity index (χ1v) is 8.64. The first-order valence-electron chi connectivity index (χ1n) is 8.64. The molecular formula is C19H25NO2. The van der Waals surface area contributed by atoms with Crippen molar-refractivity contribution >= 4 is 11.6 Å². The van der Waals surface area contributed by atoms with Crippen molar-refractivity contribution < 1.29 is 9.90 Å². The van der Waals surface area contributed by atoms with Gasteiger partial charge in [-0.2, -0.15) is 0 Å². The van der Waals surface area contributed by atoms with Crippen molar-refractivity contribution in [1.82, 2.24) is 0 Å². The molecule has 3 heteroatoms. The van der Waals surface area contributed by atoms with Crippen LogP contribution in [0.1, 0.15) is 63.4 Å². The number of aliphatic hydroxyl groups is 1. The Kier molecular flexibility index (Phi) is 3.12. The molecule has 2 saturated carbocycles. The summed E-state index contributed by atoms with van der Waals surface area (Å²) in [6, 6.07) is 8.61. The second kappa shape index (κ2) is 4.82. The van der Waals surface area contributed by atoms with Crippen LogP contribution in [0.5, 0.6) is 0 Å². The third-order valence-corrected chi connectivity index (χ3v) is 6.05. The van der Waals surface area contributed by atoms with E-state index in [1.54, 1.807) is 0 Å². The van der Waals surface area contributed by atoms with Gasteiger partial charge in [-0.1, -0.05) is 12.1 Å². The number of rotatable bonds is 2. The van der Waals surface area contributed by atoms with E-state index in [4.69, 9.17) is 0 Å². The predicted octanol–water partition coefficient (Wildman–Crippen LogP) is 3.61. The highest BCUT2D eigenvalue weighted by molar-refractivity contribution is 6.00. The standard InChI is InChI=1S/C19H25NO2/c1-18(22)8-10-19(11-9-18)12-13-20(17(19)21)16-6-4-15(5-7-16)14-2-3-14/h4-7,14,22H,2-3,8-13H2,1H3. The third-order valence-electron chi connectivity index (χ3n) is 6.05. The molecule has 1 amide bonds. The van der Waals surface area contributed by atoms with E-state index in [9.17, 15) is 9.90 Å². The Morgan fingerprint density at radius 2 is 1.68 bits per heavy atom. The van der Waals surface area contributed by atoms with Gasteiger partial charge in [0, 0.05) is 12.2 Å². The Labute approximate surface area is 132 Å². The van der Waals surface area contributed by atoms with Crippen LogP contribution in [0.15, 0.2) is 24.3 Å². The number of benzene rings is 1. The first-order chi connectivity index (χ1) is 10.5. The summed E-state index contributed by atoms with van der Waals surface area (Å²) in [6.07, 6.45) is 6.70. The van der Waals surface area contributed by atoms with Crippen molar-refractivity contribution in [3.63, 3.8) is 0 Å². The zero-order valence-electron chi connectivity index (χ0n) is 13.3. The number of amides is 1. The van der Waals surface area contributed by atoms with Gasteiger partial charge in [-0.25, -0.2) is 0 Å². The summed E-state index contributed by atoms with van der Waals surface area (Å²) < 4.78 is 0. The fourth-order valence-electron chi connectivity index (χ4n) is 4.14. The molecule has 3 nitrogen and oxygen atoms in total. The molecule has 0 atom stereocenters. The number of hydrogen-bond acceptors (Lipinski definition) is 2. The van der Waals surface area contributed by atoms with Gasteiger partial charge in [-0.15, -0.1) is 0 Å². The molecule has 1 spiro atoms. The number of carbonyl (C=O) groups excluding carboxylic acids is 1. The zero-order valence-corrected chi connectivity index (χ0v) is 13.3. The molecule has 2 aliphatic carbocycles. The maximum atomic E-state index is 13.0. The number of anilines is 1. The van der Waals surface area contributed by atoms with E-state index >= 15 is 0 Å². The lowest BCUT2D eigenvalue weighted by molar-refractivity contribution is -0.130. The molecule has 0 aromatic heterocycles. The van der Waals surface area contributed by atoms with E-state index in [1.165, 1.54) is 18.4 Å². The molecular weight excluding hydrogens is 274 g/mol. The van der Waals surface area contributed by atoms with Crippen LogP contribution in [0.3, 0.4) is 0 Å². The maximum absolute atomic E-state index is 13.0. The van der Waals surface area contributed by atoms with Crippen molar-refractivity contribution in [2.24, 2.45) is 5.41 Å². The van der Waals surface area contributed by atoms with Gasteiger partial charge < -0.3 is 10.0 Å². The smallest absolute Gasteiger partial charge is 0.233 e. The minimum absolute atomic E-state index is 0.211. The second-order valence-corrected chi connectivity index (χ2v) is 7.85. The lowest BCUT2D eigenvalue weighted by atomic mass is 9.68. The van der Waals surface area contributed by atoms with Gasteiger partial charge >= 0.3 is 0 Å². The van der Waals surface area contributed by atoms with Crippen LogP contribution < -0.4 is 4.90 Å². The molecule has 1 aromatic carbocycles. The SMILES string of the molecule is CC1(O)CCC2(CCN(c3ccc(C4CC4)cc3)C2=O)CC1. The molecule has 1 aromatic rings. The molecule has 1 heterocycles. The predicted molar refractivity (Wildman–Crippen MR) is 86.9 cm³/mol.